The molecule has 10 rings (SSSR count). The van der Waals surface area contributed by atoms with Gasteiger partial charge >= 0.3 is 0 Å². The highest BCUT2D eigenvalue weighted by Gasteiger charge is 2.46. The van der Waals surface area contributed by atoms with Crippen LogP contribution in [-0.4, -0.2) is 9.55 Å². The van der Waals surface area contributed by atoms with Crippen LogP contribution in [0.25, 0.3) is 39.2 Å². The molecule has 1 aliphatic carbocycles. The third kappa shape index (κ3) is 3.49. The summed E-state index contributed by atoms with van der Waals surface area (Å²) in [5.41, 5.74) is 10.6. The molecule has 3 nitrogen and oxygen atoms in total. The summed E-state index contributed by atoms with van der Waals surface area (Å²) < 4.78 is 17.7. The van der Waals surface area contributed by atoms with Gasteiger partial charge in [0.2, 0.25) is 0 Å². The highest BCUT2D eigenvalue weighted by Crippen LogP contribution is 2.57. The van der Waals surface area contributed by atoms with E-state index in [9.17, 15) is 0 Å². The van der Waals surface area contributed by atoms with Crippen molar-refractivity contribution >= 4 is 34.1 Å². The SMILES string of the molecule is O=P1(c2ccccc2)c2ccccc2-n2c(-c3ccc4c(c3)C(c3ccccc3)(c3ccccc3)c3ccccc3-4)nc3cccc1c32. The number of hydrogen-bond donors (Lipinski definition) is 0. The van der Waals surface area contributed by atoms with Gasteiger partial charge in [0.05, 0.1) is 22.1 Å². The number of rotatable bonds is 4. The first-order chi connectivity index (χ1) is 23.7. The molecule has 1 unspecified atom stereocenters. The molecule has 2 aliphatic rings. The fraction of sp³-hybridized carbons (Fsp3) is 0.0227. The van der Waals surface area contributed by atoms with Crippen molar-refractivity contribution in [2.24, 2.45) is 0 Å². The zero-order chi connectivity index (χ0) is 31.9. The molecule has 2 heterocycles. The van der Waals surface area contributed by atoms with Crippen LogP contribution in [0.5, 0.6) is 0 Å². The maximum Gasteiger partial charge on any atom is 0.175 e. The lowest BCUT2D eigenvalue weighted by Gasteiger charge is -2.34. The van der Waals surface area contributed by atoms with Crippen LogP contribution in [0.2, 0.25) is 0 Å². The topological polar surface area (TPSA) is 34.9 Å². The summed E-state index contributed by atoms with van der Waals surface area (Å²) in [6, 6.07) is 61.5. The Morgan fingerprint density at radius 3 is 1.88 bits per heavy atom. The molecule has 1 atom stereocenters. The van der Waals surface area contributed by atoms with Gasteiger partial charge in [0.15, 0.2) is 7.14 Å². The van der Waals surface area contributed by atoms with Crippen LogP contribution in [0.1, 0.15) is 22.3 Å². The normalized spacial score (nSPS) is 16.7. The van der Waals surface area contributed by atoms with E-state index in [-0.39, 0.29) is 0 Å². The molecule has 0 fully saturated rings. The minimum Gasteiger partial charge on any atom is -0.308 e. The van der Waals surface area contributed by atoms with Gasteiger partial charge in [-0.1, -0.05) is 146 Å². The van der Waals surface area contributed by atoms with Crippen molar-refractivity contribution in [3.8, 4) is 28.2 Å². The van der Waals surface area contributed by atoms with Crippen LogP contribution in [0.3, 0.4) is 0 Å². The first kappa shape index (κ1) is 27.4. The highest BCUT2D eigenvalue weighted by molar-refractivity contribution is 7.86. The lowest BCUT2D eigenvalue weighted by atomic mass is 9.67. The fourth-order valence-electron chi connectivity index (χ4n) is 8.34. The standard InChI is InChI=1S/C44H29N2OP/c47-48(33-19-8-3-9-20-33)40-25-13-12-24-39(40)46-42-38(23-14-26-41(42)48)45-43(46)30-27-28-35-34-21-10-11-22-36(34)44(37(35)29-30,31-15-4-1-5-16-31)32-17-6-2-7-18-32/h1-29H. The van der Waals surface area contributed by atoms with Gasteiger partial charge in [-0.15, -0.1) is 0 Å². The van der Waals surface area contributed by atoms with E-state index >= 15 is 4.57 Å². The van der Waals surface area contributed by atoms with Gasteiger partial charge in [-0.05, 0) is 63.7 Å². The Bertz CT molecular complexity index is 2550. The molecule has 0 radical (unpaired) electrons. The predicted octanol–water partition coefficient (Wildman–Crippen LogP) is 9.01. The van der Waals surface area contributed by atoms with Crippen LogP contribution in [-0.2, 0) is 9.98 Å². The van der Waals surface area contributed by atoms with Crippen molar-refractivity contribution in [2.45, 2.75) is 5.41 Å². The summed E-state index contributed by atoms with van der Waals surface area (Å²) in [6.45, 7) is 0. The van der Waals surface area contributed by atoms with Crippen molar-refractivity contribution in [3.63, 3.8) is 0 Å². The van der Waals surface area contributed by atoms with E-state index in [0.717, 1.165) is 44.0 Å². The molecule has 1 aromatic heterocycles. The van der Waals surface area contributed by atoms with E-state index in [1.54, 1.807) is 0 Å². The highest BCUT2D eigenvalue weighted by atomic mass is 31.2. The van der Waals surface area contributed by atoms with E-state index in [4.69, 9.17) is 4.98 Å². The number of imidazole rings is 1. The van der Waals surface area contributed by atoms with E-state index in [1.807, 2.05) is 66.7 Å². The molecule has 0 saturated carbocycles. The van der Waals surface area contributed by atoms with Gasteiger partial charge in [-0.25, -0.2) is 4.98 Å². The summed E-state index contributed by atoms with van der Waals surface area (Å²) in [7, 11) is -3.16. The minimum atomic E-state index is -3.16. The Morgan fingerprint density at radius 1 is 0.521 bits per heavy atom. The molecule has 0 bridgehead atoms. The van der Waals surface area contributed by atoms with Gasteiger partial charge < -0.3 is 4.57 Å². The number of nitrogens with zero attached hydrogens (tertiary/aromatic N) is 2. The number of para-hydroxylation sites is 2. The lowest BCUT2D eigenvalue weighted by molar-refractivity contribution is 0.592. The van der Waals surface area contributed by atoms with Gasteiger partial charge in [-0.3, -0.25) is 4.57 Å². The van der Waals surface area contributed by atoms with Gasteiger partial charge in [0, 0.05) is 21.5 Å². The van der Waals surface area contributed by atoms with E-state index in [0.29, 0.717) is 0 Å². The second-order valence-electron chi connectivity index (χ2n) is 12.6. The molecule has 4 heteroatoms. The summed E-state index contributed by atoms with van der Waals surface area (Å²) in [4.78, 5) is 5.32. The van der Waals surface area contributed by atoms with Gasteiger partial charge in [0.1, 0.15) is 5.82 Å². The summed E-state index contributed by atoms with van der Waals surface area (Å²) >= 11 is 0. The van der Waals surface area contributed by atoms with E-state index in [1.165, 1.54) is 33.4 Å². The van der Waals surface area contributed by atoms with Gasteiger partial charge in [0.25, 0.3) is 0 Å². The van der Waals surface area contributed by atoms with Crippen molar-refractivity contribution in [1.29, 1.82) is 0 Å². The molecule has 0 N–H and O–H groups in total. The molecule has 0 amide bonds. The van der Waals surface area contributed by atoms with Gasteiger partial charge in [-0.2, -0.15) is 0 Å². The number of fused-ring (bicyclic) bond motifs is 5. The first-order valence-electron chi connectivity index (χ1n) is 16.3. The third-order valence-electron chi connectivity index (χ3n) is 10.3. The Hall–Kier alpha value is -5.76. The van der Waals surface area contributed by atoms with Crippen molar-refractivity contribution in [2.75, 3.05) is 0 Å². The van der Waals surface area contributed by atoms with Crippen LogP contribution in [0.4, 0.5) is 0 Å². The maximum atomic E-state index is 15.4. The van der Waals surface area contributed by atoms with E-state index < -0.39 is 12.6 Å². The zero-order valence-corrected chi connectivity index (χ0v) is 26.9. The maximum absolute atomic E-state index is 15.4. The third-order valence-corrected chi connectivity index (χ3v) is 13.4. The molecule has 226 valence electrons. The molecule has 0 spiro atoms. The monoisotopic (exact) mass is 632 g/mol. The Morgan fingerprint density at radius 2 is 1.12 bits per heavy atom. The molecule has 8 aromatic rings. The lowest BCUT2D eigenvalue weighted by Crippen LogP contribution is -2.32. The molecule has 48 heavy (non-hydrogen) atoms. The number of aromatic nitrogens is 2. The van der Waals surface area contributed by atoms with E-state index in [2.05, 4.69) is 114 Å². The van der Waals surface area contributed by atoms with Crippen LogP contribution >= 0.6 is 7.14 Å². The first-order valence-corrected chi connectivity index (χ1v) is 18.0. The Labute approximate surface area is 279 Å². The average Bonchev–Trinajstić information content (AvgIpc) is 3.70. The zero-order valence-electron chi connectivity index (χ0n) is 26.0. The predicted molar refractivity (Wildman–Crippen MR) is 197 cm³/mol. The smallest absolute Gasteiger partial charge is 0.175 e. The molecule has 1 aliphatic heterocycles. The van der Waals surface area contributed by atoms with Crippen molar-refractivity contribution in [1.82, 2.24) is 9.55 Å². The summed E-state index contributed by atoms with van der Waals surface area (Å²) in [6.07, 6.45) is 0. The second-order valence-corrected chi connectivity index (χ2v) is 15.3. The summed E-state index contributed by atoms with van der Waals surface area (Å²) in [5, 5.41) is 2.51. The molecule has 7 aromatic carbocycles. The van der Waals surface area contributed by atoms with Crippen LogP contribution in [0, 0.1) is 0 Å². The Kier molecular flexibility index (Phi) is 5.77. The van der Waals surface area contributed by atoms with Crippen molar-refractivity contribution < 1.29 is 4.57 Å². The van der Waals surface area contributed by atoms with Crippen LogP contribution in [0.15, 0.2) is 176 Å². The molecular formula is C44H29N2OP. The largest absolute Gasteiger partial charge is 0.308 e. The number of hydrogen-bond acceptors (Lipinski definition) is 2. The minimum absolute atomic E-state index is 0.509. The molecular weight excluding hydrogens is 603 g/mol. The van der Waals surface area contributed by atoms with Crippen molar-refractivity contribution in [3.05, 3.63) is 198 Å². The fourth-order valence-corrected chi connectivity index (χ4v) is 11.3. The average molecular weight is 633 g/mol. The number of benzene rings is 7. The second kappa shape index (κ2) is 10.1. The quantitative estimate of drug-likeness (QED) is 0.182. The molecule has 0 saturated heterocycles. The Balaban J connectivity index is 1.29. The van der Waals surface area contributed by atoms with Crippen LogP contribution < -0.4 is 15.9 Å². The summed E-state index contributed by atoms with van der Waals surface area (Å²) in [5.74, 6) is 0.845.